The van der Waals surface area contributed by atoms with Crippen LogP contribution in [0.4, 0.5) is 0 Å². The Morgan fingerprint density at radius 1 is 0.562 bits per heavy atom. The maximum absolute atomic E-state index is 5.00. The Morgan fingerprint density at radius 2 is 1.25 bits per heavy atom. The van der Waals surface area contributed by atoms with Gasteiger partial charge in [-0.25, -0.2) is 4.99 Å². The molecular weight excluding hydrogens is 581 g/mol. The van der Waals surface area contributed by atoms with Gasteiger partial charge in [-0.1, -0.05) is 164 Å². The molecule has 0 atom stereocenters. The third-order valence-electron chi connectivity index (χ3n) is 9.30. The van der Waals surface area contributed by atoms with Crippen molar-refractivity contribution >= 4 is 12.1 Å². The number of allylic oxidation sites excluding steroid dienone is 2. The van der Waals surface area contributed by atoms with Gasteiger partial charge in [0.1, 0.15) is 0 Å². The van der Waals surface area contributed by atoms with Gasteiger partial charge in [0.2, 0.25) is 0 Å². The number of benzene rings is 6. The van der Waals surface area contributed by atoms with E-state index in [4.69, 9.17) is 9.98 Å². The first-order chi connectivity index (χ1) is 23.8. The third kappa shape index (κ3) is 6.26. The first kappa shape index (κ1) is 29.5. The maximum Gasteiger partial charge on any atom is 0.154 e. The molecule has 6 aromatic rings. The molecule has 0 bridgehead atoms. The van der Waals surface area contributed by atoms with Crippen molar-refractivity contribution in [1.29, 1.82) is 0 Å². The summed E-state index contributed by atoms with van der Waals surface area (Å²) in [6.07, 6.45) is 11.6. The normalized spacial score (nSPS) is 13.8. The summed E-state index contributed by atoms with van der Waals surface area (Å²) in [5.74, 6) is 0.773. The summed E-state index contributed by atoms with van der Waals surface area (Å²) in [6, 6.07) is 52.2. The number of hydrogen-bond donors (Lipinski definition) is 0. The van der Waals surface area contributed by atoms with E-state index in [-0.39, 0.29) is 0 Å². The lowest BCUT2D eigenvalue weighted by Crippen LogP contribution is -2.02. The first-order valence-electron chi connectivity index (χ1n) is 16.8. The molecular formula is C46H36N2. The lowest BCUT2D eigenvalue weighted by atomic mass is 9.93. The summed E-state index contributed by atoms with van der Waals surface area (Å²) < 4.78 is 0. The summed E-state index contributed by atoms with van der Waals surface area (Å²) in [5.41, 5.74) is 16.3. The van der Waals surface area contributed by atoms with Crippen LogP contribution in [0.25, 0.3) is 44.5 Å². The highest BCUT2D eigenvalue weighted by Gasteiger charge is 2.22. The largest absolute Gasteiger partial charge is 0.261 e. The van der Waals surface area contributed by atoms with E-state index < -0.39 is 0 Å². The minimum absolute atomic E-state index is 0.576. The minimum Gasteiger partial charge on any atom is -0.261 e. The molecule has 0 saturated heterocycles. The van der Waals surface area contributed by atoms with Gasteiger partial charge in [-0.15, -0.1) is 0 Å². The Bertz CT molecular complexity index is 2180. The third-order valence-corrected chi connectivity index (χ3v) is 9.30. The molecule has 0 unspecified atom stereocenters. The van der Waals surface area contributed by atoms with Crippen molar-refractivity contribution in [2.75, 3.05) is 0 Å². The van der Waals surface area contributed by atoms with Gasteiger partial charge in [0.25, 0.3) is 0 Å². The second-order valence-electron chi connectivity index (χ2n) is 12.5. The van der Waals surface area contributed by atoms with E-state index in [1.54, 1.807) is 0 Å². The molecule has 0 N–H and O–H groups in total. The molecule has 230 valence electrons. The summed E-state index contributed by atoms with van der Waals surface area (Å²) >= 11 is 0. The maximum atomic E-state index is 5.00. The van der Waals surface area contributed by atoms with Crippen molar-refractivity contribution in [2.45, 2.75) is 25.8 Å². The lowest BCUT2D eigenvalue weighted by molar-refractivity contribution is 1.02. The predicted molar refractivity (Wildman–Crippen MR) is 203 cm³/mol. The summed E-state index contributed by atoms with van der Waals surface area (Å²) in [4.78, 5) is 9.88. The van der Waals surface area contributed by atoms with Gasteiger partial charge in [-0.3, -0.25) is 4.99 Å². The number of amidine groups is 1. The van der Waals surface area contributed by atoms with Gasteiger partial charge in [0.15, 0.2) is 5.84 Å². The molecule has 6 aromatic carbocycles. The Morgan fingerprint density at radius 3 is 2.00 bits per heavy atom. The van der Waals surface area contributed by atoms with Crippen LogP contribution in [0.3, 0.4) is 0 Å². The van der Waals surface area contributed by atoms with E-state index in [0.29, 0.717) is 6.54 Å². The van der Waals surface area contributed by atoms with Gasteiger partial charge in [-0.2, -0.15) is 0 Å². The zero-order chi connectivity index (χ0) is 32.1. The molecule has 2 aliphatic carbocycles. The van der Waals surface area contributed by atoms with Crippen LogP contribution in [-0.2, 0) is 13.0 Å². The molecule has 0 saturated carbocycles. The predicted octanol–water partition coefficient (Wildman–Crippen LogP) is 11.6. The van der Waals surface area contributed by atoms with Crippen molar-refractivity contribution in [1.82, 2.24) is 0 Å². The van der Waals surface area contributed by atoms with Crippen molar-refractivity contribution in [3.05, 3.63) is 192 Å². The fraction of sp³-hybridized carbons (Fsp3) is 0.0870. The fourth-order valence-corrected chi connectivity index (χ4v) is 6.77. The zero-order valence-electron chi connectivity index (χ0n) is 26.9. The standard InChI is InChI=1S/C46H36N2/c1-4-11-35(12-5-1)36-23-19-33(20-24-36)31-47-46(39-15-8-3-9-16-39)48-32-34-21-25-37(26-22-34)40-27-28-44-42(29-40)30-41-17-10-18-43(45(41)44)38-13-6-2-7-14-38/h1-2,4-8,10-29,31H,3,9,30,32H2/b47-31-,48-46-. The van der Waals surface area contributed by atoms with Crippen LogP contribution in [0.15, 0.2) is 179 Å². The highest BCUT2D eigenvalue weighted by molar-refractivity contribution is 6.06. The number of aliphatic imine (C=N–C) groups is 2. The van der Waals surface area contributed by atoms with Crippen LogP contribution in [0.2, 0.25) is 0 Å². The molecule has 0 spiro atoms. The molecule has 2 heteroatoms. The highest BCUT2D eigenvalue weighted by atomic mass is 14.9. The minimum atomic E-state index is 0.576. The zero-order valence-corrected chi connectivity index (χ0v) is 26.9. The number of rotatable bonds is 7. The second-order valence-corrected chi connectivity index (χ2v) is 12.5. The molecule has 8 rings (SSSR count). The Balaban J connectivity index is 1.00. The monoisotopic (exact) mass is 616 g/mol. The first-order valence-corrected chi connectivity index (χ1v) is 16.8. The van der Waals surface area contributed by atoms with Gasteiger partial charge in [0.05, 0.1) is 6.54 Å². The molecule has 2 aliphatic rings. The topological polar surface area (TPSA) is 24.7 Å². The van der Waals surface area contributed by atoms with Gasteiger partial charge < -0.3 is 0 Å². The molecule has 0 radical (unpaired) electrons. The summed E-state index contributed by atoms with van der Waals surface area (Å²) in [5, 5.41) is 0. The second kappa shape index (κ2) is 13.5. The van der Waals surface area contributed by atoms with Gasteiger partial charge in [-0.05, 0) is 86.0 Å². The van der Waals surface area contributed by atoms with Crippen LogP contribution in [0.5, 0.6) is 0 Å². The van der Waals surface area contributed by atoms with Gasteiger partial charge in [0, 0.05) is 11.8 Å². The quantitative estimate of drug-likeness (QED) is 0.126. The summed E-state index contributed by atoms with van der Waals surface area (Å²) in [6.45, 7) is 0.576. The van der Waals surface area contributed by atoms with Crippen molar-refractivity contribution in [3.63, 3.8) is 0 Å². The number of hydrogen-bond acceptors (Lipinski definition) is 1. The lowest BCUT2D eigenvalue weighted by Gasteiger charge is -2.11. The van der Waals surface area contributed by atoms with Crippen LogP contribution < -0.4 is 0 Å². The molecule has 0 aromatic heterocycles. The fourth-order valence-electron chi connectivity index (χ4n) is 6.77. The Labute approximate surface area is 283 Å². The van der Waals surface area contributed by atoms with E-state index >= 15 is 0 Å². The van der Waals surface area contributed by atoms with E-state index in [0.717, 1.165) is 36.2 Å². The van der Waals surface area contributed by atoms with Crippen molar-refractivity contribution in [3.8, 4) is 44.5 Å². The molecule has 0 aliphatic heterocycles. The molecule has 2 nitrogen and oxygen atoms in total. The van der Waals surface area contributed by atoms with Gasteiger partial charge >= 0.3 is 0 Å². The van der Waals surface area contributed by atoms with E-state index in [1.807, 2.05) is 12.3 Å². The number of fused-ring (bicyclic) bond motifs is 3. The SMILES string of the molecule is C1=CC(C(/N=C\c2ccc(-c3ccccc3)cc2)=N/Cc2ccc(-c3ccc4c(c3)Cc3cccc(-c5ccccc5)c3-4)cc2)=CCC1. The van der Waals surface area contributed by atoms with Crippen LogP contribution in [-0.4, -0.2) is 12.1 Å². The smallest absolute Gasteiger partial charge is 0.154 e. The van der Waals surface area contributed by atoms with E-state index in [1.165, 1.54) is 61.2 Å². The average Bonchev–Trinajstić information content (AvgIpc) is 3.55. The van der Waals surface area contributed by atoms with E-state index in [2.05, 4.69) is 158 Å². The van der Waals surface area contributed by atoms with E-state index in [9.17, 15) is 0 Å². The number of nitrogens with zero attached hydrogens (tertiary/aromatic N) is 2. The average molecular weight is 617 g/mol. The van der Waals surface area contributed by atoms with Crippen molar-refractivity contribution < 1.29 is 0 Å². The summed E-state index contributed by atoms with van der Waals surface area (Å²) in [7, 11) is 0. The highest BCUT2D eigenvalue weighted by Crippen LogP contribution is 2.44. The Kier molecular flexibility index (Phi) is 8.29. The van der Waals surface area contributed by atoms with Crippen LogP contribution >= 0.6 is 0 Å². The van der Waals surface area contributed by atoms with Crippen LogP contribution in [0.1, 0.15) is 35.1 Å². The molecule has 0 heterocycles. The molecule has 0 fully saturated rings. The van der Waals surface area contributed by atoms with Crippen molar-refractivity contribution in [2.24, 2.45) is 9.98 Å². The Hall–Kier alpha value is -5.86. The molecule has 0 amide bonds. The molecule has 48 heavy (non-hydrogen) atoms. The van der Waals surface area contributed by atoms with Crippen LogP contribution in [0, 0.1) is 0 Å².